The van der Waals surface area contributed by atoms with Crippen LogP contribution < -0.4 is 5.32 Å². The minimum Gasteiger partial charge on any atom is -0.374 e. The summed E-state index contributed by atoms with van der Waals surface area (Å²) in [6.45, 7) is 2.36. The number of nitrogens with one attached hydrogen (secondary N) is 1. The van der Waals surface area contributed by atoms with Gasteiger partial charge in [0, 0.05) is 45.2 Å². The number of rotatable bonds is 4. The Balaban J connectivity index is 1.48. The molecule has 0 spiro atoms. The number of pyridine rings is 1. The third-order valence-electron chi connectivity index (χ3n) is 5.21. The van der Waals surface area contributed by atoms with Crippen molar-refractivity contribution in [2.45, 2.75) is 37.6 Å². The molecule has 3 atom stereocenters. The van der Waals surface area contributed by atoms with Crippen molar-refractivity contribution in [3.8, 4) is 0 Å². The van der Waals surface area contributed by atoms with Gasteiger partial charge < -0.3 is 14.6 Å². The third kappa shape index (κ3) is 3.32. The normalized spacial score (nSPS) is 26.4. The summed E-state index contributed by atoms with van der Waals surface area (Å²) in [7, 11) is 1.89. The van der Waals surface area contributed by atoms with E-state index in [0.717, 1.165) is 38.2 Å². The number of carbonyl (C=O) groups excluding carboxylic acids is 1. The van der Waals surface area contributed by atoms with Crippen molar-refractivity contribution in [2.75, 3.05) is 13.2 Å². The number of ether oxygens (including phenoxy) is 1. The second-order valence-electron chi connectivity index (χ2n) is 6.88. The van der Waals surface area contributed by atoms with E-state index in [0.29, 0.717) is 11.7 Å². The van der Waals surface area contributed by atoms with Gasteiger partial charge in [-0.3, -0.25) is 14.7 Å². The van der Waals surface area contributed by atoms with Crippen LogP contribution in [0, 0.1) is 0 Å². The molecule has 1 amide bonds. The Hall–Kier alpha value is -2.18. The zero-order valence-electron chi connectivity index (χ0n) is 14.5. The molecular formula is C19H24N4O2. The Morgan fingerprint density at radius 1 is 1.36 bits per heavy atom. The first-order valence-electron chi connectivity index (χ1n) is 8.90. The highest BCUT2D eigenvalue weighted by Crippen LogP contribution is 2.30. The summed E-state index contributed by atoms with van der Waals surface area (Å²) >= 11 is 0. The smallest absolute Gasteiger partial charge is 0.268 e. The van der Waals surface area contributed by atoms with Crippen molar-refractivity contribution in [1.82, 2.24) is 19.8 Å². The maximum absolute atomic E-state index is 12.6. The predicted molar refractivity (Wildman–Crippen MR) is 94.1 cm³/mol. The van der Waals surface area contributed by atoms with Gasteiger partial charge in [0.1, 0.15) is 5.69 Å². The Labute approximate surface area is 147 Å². The number of hydrogen-bond donors (Lipinski definition) is 1. The molecule has 1 N–H and O–H groups in total. The molecule has 4 rings (SSSR count). The van der Waals surface area contributed by atoms with Gasteiger partial charge in [0.2, 0.25) is 0 Å². The van der Waals surface area contributed by atoms with E-state index in [4.69, 9.17) is 4.74 Å². The largest absolute Gasteiger partial charge is 0.374 e. The van der Waals surface area contributed by atoms with Crippen molar-refractivity contribution in [3.05, 3.63) is 54.1 Å². The van der Waals surface area contributed by atoms with Crippen molar-refractivity contribution < 1.29 is 9.53 Å². The number of amides is 1. The van der Waals surface area contributed by atoms with Crippen molar-refractivity contribution in [3.63, 3.8) is 0 Å². The number of aromatic nitrogens is 2. The quantitative estimate of drug-likeness (QED) is 0.918. The maximum atomic E-state index is 12.6. The SMILES string of the molecule is Cn1cccc1C(=O)N[C@@H]1CN(Cc2ccccn2)[C@@H]2CCCO[C@@H]21. The molecule has 0 radical (unpaired) electrons. The second kappa shape index (κ2) is 6.98. The van der Waals surface area contributed by atoms with Gasteiger partial charge in [-0.1, -0.05) is 6.07 Å². The maximum Gasteiger partial charge on any atom is 0.268 e. The van der Waals surface area contributed by atoms with Crippen LogP contribution in [-0.2, 0) is 18.3 Å². The lowest BCUT2D eigenvalue weighted by atomic mass is 10.0. The molecule has 25 heavy (non-hydrogen) atoms. The van der Waals surface area contributed by atoms with Crippen molar-refractivity contribution in [1.29, 1.82) is 0 Å². The molecule has 0 unspecified atom stereocenters. The van der Waals surface area contributed by atoms with Crippen LogP contribution in [-0.4, -0.2) is 51.7 Å². The molecule has 2 aromatic heterocycles. The minimum absolute atomic E-state index is 0.0106. The number of nitrogens with zero attached hydrogens (tertiary/aromatic N) is 3. The molecule has 2 fully saturated rings. The molecule has 6 nitrogen and oxygen atoms in total. The fourth-order valence-electron chi connectivity index (χ4n) is 4.00. The zero-order chi connectivity index (χ0) is 17.2. The molecule has 0 aliphatic carbocycles. The van der Waals surface area contributed by atoms with Gasteiger partial charge in [-0.15, -0.1) is 0 Å². The number of hydrogen-bond acceptors (Lipinski definition) is 4. The first-order valence-corrected chi connectivity index (χ1v) is 8.90. The standard InChI is InChI=1S/C19H24N4O2/c1-22-10-4-7-17(22)19(24)21-15-13-23(12-14-6-2-3-9-20-14)16-8-5-11-25-18(15)16/h2-4,6-7,9-10,15-16,18H,5,8,11-13H2,1H3,(H,21,24)/t15-,16-,18-/m1/s1. The van der Waals surface area contributed by atoms with Gasteiger partial charge in [-0.2, -0.15) is 0 Å². The summed E-state index contributed by atoms with van der Waals surface area (Å²) in [5, 5.41) is 3.19. The van der Waals surface area contributed by atoms with E-state index in [2.05, 4.69) is 21.3 Å². The molecule has 0 aromatic carbocycles. The highest BCUT2D eigenvalue weighted by molar-refractivity contribution is 5.93. The summed E-state index contributed by atoms with van der Waals surface area (Å²) < 4.78 is 7.89. The van der Waals surface area contributed by atoms with Crippen LogP contribution in [0.2, 0.25) is 0 Å². The Morgan fingerprint density at radius 2 is 2.28 bits per heavy atom. The second-order valence-corrected chi connectivity index (χ2v) is 6.88. The van der Waals surface area contributed by atoms with Gasteiger partial charge in [-0.25, -0.2) is 0 Å². The fraction of sp³-hybridized carbons (Fsp3) is 0.474. The zero-order valence-corrected chi connectivity index (χ0v) is 14.5. The van der Waals surface area contributed by atoms with E-state index in [-0.39, 0.29) is 18.1 Å². The van der Waals surface area contributed by atoms with E-state index in [1.165, 1.54) is 0 Å². The van der Waals surface area contributed by atoms with Gasteiger partial charge in [0.25, 0.3) is 5.91 Å². The van der Waals surface area contributed by atoms with Crippen molar-refractivity contribution >= 4 is 5.91 Å². The Morgan fingerprint density at radius 3 is 3.04 bits per heavy atom. The summed E-state index contributed by atoms with van der Waals surface area (Å²) in [5.74, 6) is -0.0369. The average Bonchev–Trinajstić information content (AvgIpc) is 3.21. The van der Waals surface area contributed by atoms with Gasteiger partial charge in [-0.05, 0) is 37.1 Å². The van der Waals surface area contributed by atoms with Crippen LogP contribution in [0.25, 0.3) is 0 Å². The molecular weight excluding hydrogens is 316 g/mol. The number of fused-ring (bicyclic) bond motifs is 1. The molecule has 0 bridgehead atoms. The first-order chi connectivity index (χ1) is 12.2. The topological polar surface area (TPSA) is 59.4 Å². The van der Waals surface area contributed by atoms with Gasteiger partial charge >= 0.3 is 0 Å². The summed E-state index contributed by atoms with van der Waals surface area (Å²) in [6.07, 6.45) is 5.94. The third-order valence-corrected chi connectivity index (χ3v) is 5.21. The lowest BCUT2D eigenvalue weighted by molar-refractivity contribution is -0.0213. The molecule has 2 aromatic rings. The van der Waals surface area contributed by atoms with E-state index in [1.807, 2.05) is 48.3 Å². The highest BCUT2D eigenvalue weighted by atomic mass is 16.5. The highest BCUT2D eigenvalue weighted by Gasteiger charge is 2.44. The number of carbonyl (C=O) groups is 1. The molecule has 0 saturated carbocycles. The lowest BCUT2D eigenvalue weighted by Crippen LogP contribution is -2.47. The predicted octanol–water partition coefficient (Wildman–Crippen LogP) is 1.58. The Kier molecular flexibility index (Phi) is 4.55. The summed E-state index contributed by atoms with van der Waals surface area (Å²) in [5.41, 5.74) is 1.73. The van der Waals surface area contributed by atoms with E-state index in [9.17, 15) is 4.79 Å². The van der Waals surface area contributed by atoms with Crippen LogP contribution in [0.5, 0.6) is 0 Å². The lowest BCUT2D eigenvalue weighted by Gasteiger charge is -2.32. The first kappa shape index (κ1) is 16.3. The monoisotopic (exact) mass is 340 g/mol. The molecule has 2 saturated heterocycles. The molecule has 6 heteroatoms. The van der Waals surface area contributed by atoms with Crippen LogP contribution >= 0.6 is 0 Å². The van der Waals surface area contributed by atoms with Crippen LogP contribution in [0.4, 0.5) is 0 Å². The van der Waals surface area contributed by atoms with Gasteiger partial charge in [0.15, 0.2) is 0 Å². The van der Waals surface area contributed by atoms with Crippen LogP contribution in [0.3, 0.4) is 0 Å². The van der Waals surface area contributed by atoms with Gasteiger partial charge in [0.05, 0.1) is 17.8 Å². The average molecular weight is 340 g/mol. The van der Waals surface area contributed by atoms with E-state index in [1.54, 1.807) is 0 Å². The molecule has 2 aliphatic heterocycles. The summed E-state index contributed by atoms with van der Waals surface area (Å²) in [4.78, 5) is 19.5. The minimum atomic E-state index is -0.0369. The number of aryl methyl sites for hydroxylation is 1. The van der Waals surface area contributed by atoms with Crippen molar-refractivity contribution in [2.24, 2.45) is 7.05 Å². The van der Waals surface area contributed by atoms with E-state index >= 15 is 0 Å². The molecule has 4 heterocycles. The van der Waals surface area contributed by atoms with Crippen LogP contribution in [0.1, 0.15) is 29.0 Å². The van der Waals surface area contributed by atoms with E-state index < -0.39 is 0 Å². The molecule has 2 aliphatic rings. The molecule has 132 valence electrons. The summed E-state index contributed by atoms with van der Waals surface area (Å²) in [6, 6.07) is 10.1. The fourth-order valence-corrected chi connectivity index (χ4v) is 4.00. The Bertz CT molecular complexity index is 730. The van der Waals surface area contributed by atoms with Crippen LogP contribution in [0.15, 0.2) is 42.7 Å². The number of likely N-dealkylation sites (tertiary alicyclic amines) is 1.